The van der Waals surface area contributed by atoms with Crippen LogP contribution in [0.5, 0.6) is 0 Å². The third-order valence-electron chi connectivity index (χ3n) is 1.47. The molecule has 14 heavy (non-hydrogen) atoms. The molecule has 5 nitrogen and oxygen atoms in total. The van der Waals surface area contributed by atoms with Crippen LogP contribution in [0.25, 0.3) is 0 Å². The molecule has 7 heteroatoms. The van der Waals surface area contributed by atoms with Crippen molar-refractivity contribution in [2.45, 2.75) is 5.16 Å². The third-order valence-corrected chi connectivity index (χ3v) is 2.29. The maximum atomic E-state index is 10.3. The first-order valence-corrected chi connectivity index (χ1v) is 5.32. The van der Waals surface area contributed by atoms with Gasteiger partial charge in [-0.2, -0.15) is 0 Å². The molecule has 0 saturated carbocycles. The Kier molecular flexibility index (Phi) is 3.97. The molecular weight excluding hydrogens is 224 g/mol. The fraction of sp³-hybridized carbons (Fsp3) is 0.286. The van der Waals surface area contributed by atoms with Crippen molar-refractivity contribution in [3.05, 3.63) is 5.15 Å². The van der Waals surface area contributed by atoms with E-state index in [1.165, 1.54) is 11.8 Å². The summed E-state index contributed by atoms with van der Waals surface area (Å²) in [4.78, 5) is 18.4. The summed E-state index contributed by atoms with van der Waals surface area (Å²) < 4.78 is 0. The number of carbonyl (C=O) groups excluding carboxylic acids is 1. The number of anilines is 2. The molecule has 1 aromatic heterocycles. The van der Waals surface area contributed by atoms with E-state index in [4.69, 9.17) is 11.6 Å². The molecule has 0 fully saturated rings. The van der Waals surface area contributed by atoms with Crippen LogP contribution in [0.2, 0.25) is 5.15 Å². The number of halogens is 1. The van der Waals surface area contributed by atoms with Gasteiger partial charge in [0.25, 0.3) is 0 Å². The van der Waals surface area contributed by atoms with E-state index >= 15 is 0 Å². The van der Waals surface area contributed by atoms with E-state index in [-0.39, 0.29) is 5.15 Å². The first-order chi connectivity index (χ1) is 6.72. The normalized spacial score (nSPS) is 9.64. The predicted octanol–water partition coefficient (Wildman–Crippen LogP) is 1.46. The van der Waals surface area contributed by atoms with Gasteiger partial charge in [0.2, 0.25) is 6.41 Å². The molecule has 0 bridgehead atoms. The van der Waals surface area contributed by atoms with E-state index in [9.17, 15) is 4.79 Å². The smallest absolute Gasteiger partial charge is 0.211 e. The number of thioether (sulfide) groups is 1. The summed E-state index contributed by atoms with van der Waals surface area (Å²) in [5, 5.41) is 6.04. The van der Waals surface area contributed by atoms with E-state index in [0.29, 0.717) is 23.1 Å². The zero-order chi connectivity index (χ0) is 10.6. The van der Waals surface area contributed by atoms with Crippen molar-refractivity contribution in [1.29, 1.82) is 0 Å². The summed E-state index contributed by atoms with van der Waals surface area (Å²) in [6.45, 7) is 0. The Morgan fingerprint density at radius 2 is 2.21 bits per heavy atom. The van der Waals surface area contributed by atoms with Gasteiger partial charge in [-0.1, -0.05) is 23.4 Å². The first kappa shape index (κ1) is 11.1. The molecule has 0 radical (unpaired) electrons. The lowest BCUT2D eigenvalue weighted by Gasteiger charge is -2.08. The zero-order valence-electron chi connectivity index (χ0n) is 7.67. The lowest BCUT2D eigenvalue weighted by Crippen LogP contribution is -2.05. The Hall–Kier alpha value is -1.01. The number of hydrogen-bond acceptors (Lipinski definition) is 5. The minimum atomic E-state index is 0.223. The maximum Gasteiger partial charge on any atom is 0.211 e. The molecular formula is C7H9ClN4OS. The van der Waals surface area contributed by atoms with Crippen LogP contribution in [0.15, 0.2) is 5.16 Å². The lowest BCUT2D eigenvalue weighted by molar-refractivity contribution is -0.105. The molecule has 0 aliphatic rings. The number of hydrogen-bond donors (Lipinski definition) is 2. The Morgan fingerprint density at radius 1 is 1.50 bits per heavy atom. The van der Waals surface area contributed by atoms with Gasteiger partial charge >= 0.3 is 0 Å². The van der Waals surface area contributed by atoms with E-state index < -0.39 is 0 Å². The molecule has 0 aliphatic carbocycles. The Balaban J connectivity index is 3.19. The molecule has 1 aromatic rings. The maximum absolute atomic E-state index is 10.3. The predicted molar refractivity (Wildman–Crippen MR) is 58.1 cm³/mol. The van der Waals surface area contributed by atoms with Crippen LogP contribution in [0.3, 0.4) is 0 Å². The van der Waals surface area contributed by atoms with Crippen molar-refractivity contribution in [3.8, 4) is 0 Å². The van der Waals surface area contributed by atoms with Gasteiger partial charge in [-0.3, -0.25) is 4.79 Å². The van der Waals surface area contributed by atoms with Crippen molar-refractivity contribution < 1.29 is 4.79 Å². The van der Waals surface area contributed by atoms with Crippen molar-refractivity contribution >= 4 is 41.3 Å². The Labute approximate surface area is 90.7 Å². The highest BCUT2D eigenvalue weighted by molar-refractivity contribution is 7.98. The minimum Gasteiger partial charge on any atom is -0.371 e. The monoisotopic (exact) mass is 232 g/mol. The standard InChI is InChI=1S/C7H9ClN4OS/c1-9-6-4(10-3-13)5(8)11-7(12-6)14-2/h3H,1-2H3,(H,10,13)(H,9,11,12). The minimum absolute atomic E-state index is 0.223. The van der Waals surface area contributed by atoms with Crippen LogP contribution < -0.4 is 10.6 Å². The Morgan fingerprint density at radius 3 is 2.71 bits per heavy atom. The fourth-order valence-electron chi connectivity index (χ4n) is 0.873. The van der Waals surface area contributed by atoms with Crippen LogP contribution in [-0.4, -0.2) is 29.7 Å². The second-order valence-corrected chi connectivity index (χ2v) is 3.37. The van der Waals surface area contributed by atoms with Crippen molar-refractivity contribution in [2.75, 3.05) is 23.9 Å². The SMILES string of the molecule is CNc1nc(SC)nc(Cl)c1NC=O. The van der Waals surface area contributed by atoms with Crippen molar-refractivity contribution in [3.63, 3.8) is 0 Å². The molecule has 2 N–H and O–H groups in total. The molecule has 0 aliphatic heterocycles. The zero-order valence-corrected chi connectivity index (χ0v) is 9.24. The van der Waals surface area contributed by atoms with Crippen LogP contribution in [0.4, 0.5) is 11.5 Å². The van der Waals surface area contributed by atoms with Gasteiger partial charge < -0.3 is 10.6 Å². The Bertz CT molecular complexity index is 347. The number of amides is 1. The first-order valence-electron chi connectivity index (χ1n) is 3.72. The second kappa shape index (κ2) is 5.02. The molecule has 0 unspecified atom stereocenters. The molecule has 0 atom stereocenters. The summed E-state index contributed by atoms with van der Waals surface area (Å²) in [5.41, 5.74) is 0.391. The van der Waals surface area contributed by atoms with Crippen LogP contribution >= 0.6 is 23.4 Å². The highest BCUT2D eigenvalue weighted by Crippen LogP contribution is 2.28. The average molecular weight is 233 g/mol. The average Bonchev–Trinajstić information content (AvgIpc) is 2.20. The summed E-state index contributed by atoms with van der Waals surface area (Å²) >= 11 is 7.22. The number of nitrogens with one attached hydrogen (secondary N) is 2. The van der Waals surface area contributed by atoms with Gasteiger partial charge in [0.1, 0.15) is 5.69 Å². The second-order valence-electron chi connectivity index (χ2n) is 2.24. The van der Waals surface area contributed by atoms with E-state index in [2.05, 4.69) is 20.6 Å². The van der Waals surface area contributed by atoms with Gasteiger partial charge in [-0.05, 0) is 6.26 Å². The van der Waals surface area contributed by atoms with E-state index in [1.807, 2.05) is 6.26 Å². The lowest BCUT2D eigenvalue weighted by atomic mass is 10.5. The summed E-state index contributed by atoms with van der Waals surface area (Å²) in [5.74, 6) is 0.501. The van der Waals surface area contributed by atoms with E-state index in [0.717, 1.165) is 0 Å². The number of aromatic nitrogens is 2. The molecule has 1 heterocycles. The van der Waals surface area contributed by atoms with Gasteiger partial charge in [0.15, 0.2) is 16.1 Å². The highest BCUT2D eigenvalue weighted by atomic mass is 35.5. The van der Waals surface area contributed by atoms with Gasteiger partial charge in [0.05, 0.1) is 0 Å². The largest absolute Gasteiger partial charge is 0.371 e. The van der Waals surface area contributed by atoms with Gasteiger partial charge in [0, 0.05) is 7.05 Å². The van der Waals surface area contributed by atoms with Crippen LogP contribution in [0, 0.1) is 0 Å². The van der Waals surface area contributed by atoms with Crippen molar-refractivity contribution in [2.24, 2.45) is 0 Å². The molecule has 1 rings (SSSR count). The van der Waals surface area contributed by atoms with Crippen LogP contribution in [-0.2, 0) is 4.79 Å². The summed E-state index contributed by atoms with van der Waals surface area (Å²) in [7, 11) is 1.69. The summed E-state index contributed by atoms with van der Waals surface area (Å²) in [6.07, 6.45) is 2.38. The van der Waals surface area contributed by atoms with E-state index in [1.54, 1.807) is 7.05 Å². The molecule has 0 saturated heterocycles. The third kappa shape index (κ3) is 2.27. The highest BCUT2D eigenvalue weighted by Gasteiger charge is 2.10. The topological polar surface area (TPSA) is 66.9 Å². The van der Waals surface area contributed by atoms with Gasteiger partial charge in [-0.25, -0.2) is 9.97 Å². The van der Waals surface area contributed by atoms with Crippen LogP contribution in [0.1, 0.15) is 0 Å². The van der Waals surface area contributed by atoms with Crippen molar-refractivity contribution in [1.82, 2.24) is 9.97 Å². The quantitative estimate of drug-likeness (QED) is 0.356. The number of nitrogens with zero attached hydrogens (tertiary/aromatic N) is 2. The molecule has 76 valence electrons. The fourth-order valence-corrected chi connectivity index (χ4v) is 1.51. The molecule has 0 aromatic carbocycles. The molecule has 1 amide bonds. The summed E-state index contributed by atoms with van der Waals surface area (Å²) in [6, 6.07) is 0. The number of carbonyl (C=O) groups is 1. The molecule has 0 spiro atoms. The number of rotatable bonds is 4. The van der Waals surface area contributed by atoms with Gasteiger partial charge in [-0.15, -0.1) is 0 Å².